The highest BCUT2D eigenvalue weighted by atomic mass is 16.5. The van der Waals surface area contributed by atoms with Gasteiger partial charge in [0.2, 0.25) is 0 Å². The van der Waals surface area contributed by atoms with Gasteiger partial charge >= 0.3 is 0 Å². The molecule has 0 spiro atoms. The summed E-state index contributed by atoms with van der Waals surface area (Å²) in [6.45, 7) is 6.21. The molecule has 0 bridgehead atoms. The summed E-state index contributed by atoms with van der Waals surface area (Å²) in [7, 11) is 1.56. The van der Waals surface area contributed by atoms with Crippen LogP contribution in [-0.4, -0.2) is 12.2 Å². The van der Waals surface area contributed by atoms with Crippen LogP contribution in [0.1, 0.15) is 16.7 Å². The first-order valence-electron chi connectivity index (χ1n) is 5.98. The van der Waals surface area contributed by atoms with Crippen molar-refractivity contribution < 1.29 is 9.84 Å². The van der Waals surface area contributed by atoms with Crippen molar-refractivity contribution in [1.82, 2.24) is 0 Å². The molecule has 0 aliphatic carbocycles. The number of rotatable bonds is 2. The summed E-state index contributed by atoms with van der Waals surface area (Å²) in [5, 5.41) is 10.2. The van der Waals surface area contributed by atoms with Crippen molar-refractivity contribution in [1.29, 1.82) is 0 Å². The van der Waals surface area contributed by atoms with Gasteiger partial charge in [0.25, 0.3) is 0 Å². The van der Waals surface area contributed by atoms with Crippen LogP contribution in [0.4, 0.5) is 0 Å². The van der Waals surface area contributed by atoms with E-state index in [2.05, 4.69) is 32.9 Å². The highest BCUT2D eigenvalue weighted by molar-refractivity contribution is 5.78. The van der Waals surface area contributed by atoms with Gasteiger partial charge < -0.3 is 9.84 Å². The summed E-state index contributed by atoms with van der Waals surface area (Å²) in [5.74, 6) is 0.710. The second kappa shape index (κ2) is 4.73. The number of aryl methyl sites for hydroxylation is 3. The fourth-order valence-electron chi connectivity index (χ4n) is 2.49. The fourth-order valence-corrected chi connectivity index (χ4v) is 2.49. The maximum atomic E-state index is 10.2. The number of para-hydroxylation sites is 1. The first kappa shape index (κ1) is 12.5. The molecule has 0 radical (unpaired) electrons. The zero-order chi connectivity index (χ0) is 13.3. The second-order valence-electron chi connectivity index (χ2n) is 4.63. The molecule has 0 saturated heterocycles. The van der Waals surface area contributed by atoms with E-state index in [1.807, 2.05) is 12.1 Å². The van der Waals surface area contributed by atoms with Crippen molar-refractivity contribution in [2.45, 2.75) is 20.8 Å². The maximum Gasteiger partial charge on any atom is 0.165 e. The molecule has 0 saturated carbocycles. The third kappa shape index (κ3) is 2.06. The monoisotopic (exact) mass is 242 g/mol. The first-order chi connectivity index (χ1) is 8.54. The predicted octanol–water partition coefficient (Wildman–Crippen LogP) is 3.99. The molecule has 2 nitrogen and oxygen atoms in total. The van der Waals surface area contributed by atoms with Gasteiger partial charge in [-0.05, 0) is 43.5 Å². The van der Waals surface area contributed by atoms with Crippen molar-refractivity contribution in [3.63, 3.8) is 0 Å². The van der Waals surface area contributed by atoms with Gasteiger partial charge in [-0.2, -0.15) is 0 Å². The fraction of sp³-hybridized carbons (Fsp3) is 0.250. The Labute approximate surface area is 108 Å². The molecule has 2 aromatic rings. The third-order valence-corrected chi connectivity index (χ3v) is 3.17. The van der Waals surface area contributed by atoms with Crippen LogP contribution in [0.2, 0.25) is 0 Å². The molecule has 0 amide bonds. The van der Waals surface area contributed by atoms with Gasteiger partial charge in [0, 0.05) is 5.56 Å². The van der Waals surface area contributed by atoms with Gasteiger partial charge in [-0.3, -0.25) is 0 Å². The Bertz CT molecular complexity index is 563. The quantitative estimate of drug-likeness (QED) is 0.862. The van der Waals surface area contributed by atoms with Crippen LogP contribution in [0, 0.1) is 20.8 Å². The molecule has 0 fully saturated rings. The number of methoxy groups -OCH3 is 1. The second-order valence-corrected chi connectivity index (χ2v) is 4.63. The highest BCUT2D eigenvalue weighted by Gasteiger charge is 2.13. The van der Waals surface area contributed by atoms with E-state index < -0.39 is 0 Å². The first-order valence-corrected chi connectivity index (χ1v) is 5.98. The average Bonchev–Trinajstić information content (AvgIpc) is 2.30. The van der Waals surface area contributed by atoms with Crippen LogP contribution in [0.25, 0.3) is 11.1 Å². The summed E-state index contributed by atoms with van der Waals surface area (Å²) in [4.78, 5) is 0. The van der Waals surface area contributed by atoms with Crippen molar-refractivity contribution in [2.75, 3.05) is 7.11 Å². The zero-order valence-electron chi connectivity index (χ0n) is 11.2. The van der Waals surface area contributed by atoms with Crippen LogP contribution < -0.4 is 4.74 Å². The lowest BCUT2D eigenvalue weighted by molar-refractivity contribution is 0.374. The molecule has 0 atom stereocenters. The van der Waals surface area contributed by atoms with Gasteiger partial charge in [0.05, 0.1) is 7.11 Å². The lowest BCUT2D eigenvalue weighted by Gasteiger charge is -2.14. The topological polar surface area (TPSA) is 29.5 Å². The molecule has 2 heteroatoms. The smallest absolute Gasteiger partial charge is 0.165 e. The number of phenols is 1. The zero-order valence-corrected chi connectivity index (χ0v) is 11.2. The summed E-state index contributed by atoms with van der Waals surface area (Å²) in [5.41, 5.74) is 5.46. The van der Waals surface area contributed by atoms with Crippen LogP contribution in [0.15, 0.2) is 30.3 Å². The van der Waals surface area contributed by atoms with Gasteiger partial charge in [0.15, 0.2) is 11.5 Å². The van der Waals surface area contributed by atoms with Crippen molar-refractivity contribution in [3.05, 3.63) is 47.0 Å². The molecule has 18 heavy (non-hydrogen) atoms. The van der Waals surface area contributed by atoms with Crippen LogP contribution >= 0.6 is 0 Å². The lowest BCUT2D eigenvalue weighted by atomic mass is 9.93. The SMILES string of the molecule is COc1cccc(-c2c(C)cc(C)cc2C)c1O. The molecule has 0 aliphatic heterocycles. The van der Waals surface area contributed by atoms with Crippen LogP contribution in [0.3, 0.4) is 0 Å². The number of ether oxygens (including phenoxy) is 1. The number of hydrogen-bond acceptors (Lipinski definition) is 2. The molecule has 1 N–H and O–H groups in total. The van der Waals surface area contributed by atoms with E-state index in [1.54, 1.807) is 13.2 Å². The Balaban J connectivity index is 2.70. The molecule has 2 rings (SSSR count). The average molecular weight is 242 g/mol. The third-order valence-electron chi connectivity index (χ3n) is 3.17. The largest absolute Gasteiger partial charge is 0.504 e. The minimum atomic E-state index is 0.204. The molecule has 0 heterocycles. The summed E-state index contributed by atoms with van der Waals surface area (Å²) >= 11 is 0. The number of hydrogen-bond donors (Lipinski definition) is 1. The summed E-state index contributed by atoms with van der Waals surface area (Å²) in [6.07, 6.45) is 0. The number of benzene rings is 2. The van der Waals surface area contributed by atoms with Crippen LogP contribution in [0.5, 0.6) is 11.5 Å². The summed E-state index contributed by atoms with van der Waals surface area (Å²) < 4.78 is 5.16. The minimum absolute atomic E-state index is 0.204. The maximum absolute atomic E-state index is 10.2. The minimum Gasteiger partial charge on any atom is -0.504 e. The van der Waals surface area contributed by atoms with Gasteiger partial charge in [-0.1, -0.05) is 29.8 Å². The number of aromatic hydroxyl groups is 1. The van der Waals surface area contributed by atoms with Crippen LogP contribution in [-0.2, 0) is 0 Å². The van der Waals surface area contributed by atoms with E-state index in [0.29, 0.717) is 5.75 Å². The van der Waals surface area contributed by atoms with E-state index in [-0.39, 0.29) is 5.75 Å². The molecule has 94 valence electrons. The standard InChI is InChI=1S/C16H18O2/c1-10-8-11(2)15(12(3)9-10)13-6-5-7-14(18-4)16(13)17/h5-9,17H,1-4H3. The van der Waals surface area contributed by atoms with Gasteiger partial charge in [-0.25, -0.2) is 0 Å². The normalized spacial score (nSPS) is 10.4. The Morgan fingerprint density at radius 2 is 1.61 bits per heavy atom. The summed E-state index contributed by atoms with van der Waals surface area (Å²) in [6, 6.07) is 9.83. The van der Waals surface area contributed by atoms with Crippen molar-refractivity contribution in [3.8, 4) is 22.6 Å². The Morgan fingerprint density at radius 1 is 1.00 bits per heavy atom. The molecular weight excluding hydrogens is 224 g/mol. The van der Waals surface area contributed by atoms with E-state index in [4.69, 9.17) is 4.74 Å². The Morgan fingerprint density at radius 3 is 2.17 bits per heavy atom. The number of phenolic OH excluding ortho intramolecular Hbond substituents is 1. The lowest BCUT2D eigenvalue weighted by Crippen LogP contribution is -1.92. The molecule has 2 aromatic carbocycles. The predicted molar refractivity (Wildman–Crippen MR) is 74.3 cm³/mol. The van der Waals surface area contributed by atoms with Gasteiger partial charge in [-0.15, -0.1) is 0 Å². The molecule has 0 aromatic heterocycles. The van der Waals surface area contributed by atoms with E-state index in [0.717, 1.165) is 22.3 Å². The highest BCUT2D eigenvalue weighted by Crippen LogP contribution is 2.39. The van der Waals surface area contributed by atoms with E-state index in [1.165, 1.54) is 5.56 Å². The van der Waals surface area contributed by atoms with Gasteiger partial charge in [0.1, 0.15) is 0 Å². The van der Waals surface area contributed by atoms with Crippen molar-refractivity contribution >= 4 is 0 Å². The Hall–Kier alpha value is -1.96. The van der Waals surface area contributed by atoms with E-state index in [9.17, 15) is 5.11 Å². The van der Waals surface area contributed by atoms with E-state index >= 15 is 0 Å². The van der Waals surface area contributed by atoms with Crippen molar-refractivity contribution in [2.24, 2.45) is 0 Å². The molecular formula is C16H18O2. The molecule has 0 aliphatic rings. The Kier molecular flexibility index (Phi) is 3.28. The molecule has 0 unspecified atom stereocenters.